The van der Waals surface area contributed by atoms with E-state index in [4.69, 9.17) is 0 Å². The second-order valence-corrected chi connectivity index (χ2v) is 3.73. The summed E-state index contributed by atoms with van der Waals surface area (Å²) < 4.78 is 0. The maximum absolute atomic E-state index is 2.41. The lowest BCUT2D eigenvalue weighted by Gasteiger charge is -2.38. The van der Waals surface area contributed by atoms with Gasteiger partial charge in [-0.25, -0.2) is 0 Å². The van der Waals surface area contributed by atoms with Gasteiger partial charge in [-0.15, -0.1) is 0 Å². The predicted molar refractivity (Wildman–Crippen MR) is 43.8 cm³/mol. The summed E-state index contributed by atoms with van der Waals surface area (Å²) in [5.41, 5.74) is 2.22. The van der Waals surface area contributed by atoms with Gasteiger partial charge in [0.15, 0.2) is 0 Å². The Bertz CT molecular complexity index is 198. The van der Waals surface area contributed by atoms with Crippen molar-refractivity contribution in [3.8, 4) is 0 Å². The third-order valence-corrected chi connectivity index (χ3v) is 2.76. The molecule has 54 valence electrons. The van der Waals surface area contributed by atoms with Crippen molar-refractivity contribution in [3.05, 3.63) is 23.8 Å². The summed E-state index contributed by atoms with van der Waals surface area (Å²) in [5, 5.41) is 0. The van der Waals surface area contributed by atoms with Crippen molar-refractivity contribution in [3.63, 3.8) is 0 Å². The second kappa shape index (κ2) is 1.98. The van der Waals surface area contributed by atoms with Gasteiger partial charge in [-0.3, -0.25) is 0 Å². The molecular formula is C10H14. The van der Waals surface area contributed by atoms with Gasteiger partial charge in [0.1, 0.15) is 0 Å². The molecule has 0 fully saturated rings. The Balaban J connectivity index is 2.15. The number of hydrogen-bond acceptors (Lipinski definition) is 0. The Hall–Kier alpha value is -0.520. The van der Waals surface area contributed by atoms with Gasteiger partial charge in [0, 0.05) is 0 Å². The first-order chi connectivity index (χ1) is 4.81. The quantitative estimate of drug-likeness (QED) is 0.447. The zero-order valence-corrected chi connectivity index (χ0v) is 6.56. The maximum Gasteiger partial charge on any atom is -0.00438 e. The molecule has 0 heterocycles. The molecule has 2 rings (SSSR count). The molecule has 0 amide bonds. The van der Waals surface area contributed by atoms with E-state index in [1.807, 2.05) is 0 Å². The Labute approximate surface area is 62.6 Å². The monoisotopic (exact) mass is 134 g/mol. The van der Waals surface area contributed by atoms with E-state index in [0.717, 1.165) is 0 Å². The molecule has 0 bridgehead atoms. The van der Waals surface area contributed by atoms with Crippen molar-refractivity contribution < 1.29 is 0 Å². The van der Waals surface area contributed by atoms with Gasteiger partial charge in [-0.1, -0.05) is 23.8 Å². The van der Waals surface area contributed by atoms with Crippen LogP contribution in [-0.2, 0) is 0 Å². The molecule has 0 heteroatoms. The largest absolute Gasteiger partial charge is 0.0871 e. The Morgan fingerprint density at radius 2 is 2.30 bits per heavy atom. The molecular weight excluding hydrogens is 120 g/mol. The van der Waals surface area contributed by atoms with Gasteiger partial charge in [-0.05, 0) is 38.0 Å². The highest BCUT2D eigenvalue weighted by Crippen LogP contribution is 2.45. The minimum Gasteiger partial charge on any atom is -0.0871 e. The van der Waals surface area contributed by atoms with E-state index in [-0.39, 0.29) is 0 Å². The number of rotatable bonds is 0. The molecule has 1 spiro atoms. The van der Waals surface area contributed by atoms with Crippen molar-refractivity contribution in [1.29, 1.82) is 0 Å². The summed E-state index contributed by atoms with van der Waals surface area (Å²) in [6.45, 7) is 2.26. The van der Waals surface area contributed by atoms with E-state index in [1.165, 1.54) is 25.7 Å². The van der Waals surface area contributed by atoms with Crippen molar-refractivity contribution >= 4 is 0 Å². The molecule has 0 aromatic rings. The highest BCUT2D eigenvalue weighted by molar-refractivity contribution is 5.21. The first-order valence-electron chi connectivity index (χ1n) is 4.14. The second-order valence-electron chi connectivity index (χ2n) is 3.73. The van der Waals surface area contributed by atoms with Gasteiger partial charge < -0.3 is 0 Å². The molecule has 0 nitrogen and oxygen atoms in total. The van der Waals surface area contributed by atoms with E-state index < -0.39 is 0 Å². The molecule has 10 heavy (non-hydrogen) atoms. The van der Waals surface area contributed by atoms with Gasteiger partial charge in [-0.2, -0.15) is 0 Å². The van der Waals surface area contributed by atoms with Crippen LogP contribution in [0.2, 0.25) is 0 Å². The van der Waals surface area contributed by atoms with E-state index >= 15 is 0 Å². The molecule has 0 saturated carbocycles. The smallest absolute Gasteiger partial charge is 0.00438 e. The third-order valence-electron chi connectivity index (χ3n) is 2.76. The lowest BCUT2D eigenvalue weighted by Crippen LogP contribution is -2.25. The SMILES string of the molecule is CC1=CCCC2(C=CC2)C1. The van der Waals surface area contributed by atoms with Crippen molar-refractivity contribution in [2.24, 2.45) is 5.41 Å². The molecule has 1 atom stereocenters. The van der Waals surface area contributed by atoms with Crippen LogP contribution in [0.25, 0.3) is 0 Å². The molecule has 0 N–H and O–H groups in total. The minimum atomic E-state index is 0.624. The number of hydrogen-bond donors (Lipinski definition) is 0. The van der Waals surface area contributed by atoms with Crippen LogP contribution in [-0.4, -0.2) is 0 Å². The first-order valence-corrected chi connectivity index (χ1v) is 4.14. The molecule has 2 aliphatic rings. The van der Waals surface area contributed by atoms with E-state index in [2.05, 4.69) is 25.2 Å². The van der Waals surface area contributed by atoms with E-state index in [9.17, 15) is 0 Å². The van der Waals surface area contributed by atoms with E-state index in [0.29, 0.717) is 5.41 Å². The highest BCUT2D eigenvalue weighted by Gasteiger charge is 2.32. The summed E-state index contributed by atoms with van der Waals surface area (Å²) in [7, 11) is 0. The average Bonchev–Trinajstić information content (AvgIpc) is 1.85. The molecule has 0 radical (unpaired) electrons. The standard InChI is InChI=1S/C10H14/c1-9-4-2-5-10(8-9)6-3-7-10/h3-4,6H,2,5,7-8H2,1H3. The van der Waals surface area contributed by atoms with Gasteiger partial charge >= 0.3 is 0 Å². The lowest BCUT2D eigenvalue weighted by molar-refractivity contribution is 0.307. The average molecular weight is 134 g/mol. The van der Waals surface area contributed by atoms with Crippen LogP contribution in [0, 0.1) is 5.41 Å². The van der Waals surface area contributed by atoms with Crippen LogP contribution in [0.1, 0.15) is 32.6 Å². The summed E-state index contributed by atoms with van der Waals surface area (Å²) in [5.74, 6) is 0. The van der Waals surface area contributed by atoms with Gasteiger partial charge in [0.05, 0.1) is 0 Å². The molecule has 0 aliphatic heterocycles. The molecule has 0 aromatic carbocycles. The molecule has 1 unspecified atom stereocenters. The number of allylic oxidation sites excluding steroid dienone is 4. The van der Waals surface area contributed by atoms with Crippen LogP contribution >= 0.6 is 0 Å². The molecule has 2 aliphatic carbocycles. The van der Waals surface area contributed by atoms with Crippen LogP contribution in [0.5, 0.6) is 0 Å². The summed E-state index contributed by atoms with van der Waals surface area (Å²) in [6, 6.07) is 0. The predicted octanol–water partition coefficient (Wildman–Crippen LogP) is 3.06. The molecule has 0 saturated heterocycles. The maximum atomic E-state index is 2.41. The summed E-state index contributed by atoms with van der Waals surface area (Å²) in [6.07, 6.45) is 12.4. The van der Waals surface area contributed by atoms with Crippen LogP contribution in [0.4, 0.5) is 0 Å². The summed E-state index contributed by atoms with van der Waals surface area (Å²) >= 11 is 0. The van der Waals surface area contributed by atoms with Gasteiger partial charge in [0.25, 0.3) is 0 Å². The lowest BCUT2D eigenvalue weighted by atomic mass is 9.66. The zero-order chi connectivity index (χ0) is 7.03. The normalized spacial score (nSPS) is 37.5. The van der Waals surface area contributed by atoms with Crippen molar-refractivity contribution in [1.82, 2.24) is 0 Å². The van der Waals surface area contributed by atoms with E-state index in [1.54, 1.807) is 5.57 Å². The van der Waals surface area contributed by atoms with Crippen LogP contribution in [0.3, 0.4) is 0 Å². The van der Waals surface area contributed by atoms with Crippen LogP contribution < -0.4 is 0 Å². The fraction of sp³-hybridized carbons (Fsp3) is 0.600. The highest BCUT2D eigenvalue weighted by atomic mass is 14.4. The topological polar surface area (TPSA) is 0 Å². The molecule has 0 aromatic heterocycles. The summed E-state index contributed by atoms with van der Waals surface area (Å²) in [4.78, 5) is 0. The Kier molecular flexibility index (Phi) is 1.23. The van der Waals surface area contributed by atoms with Crippen molar-refractivity contribution in [2.75, 3.05) is 0 Å². The first kappa shape index (κ1) is 6.21. The Morgan fingerprint density at radius 3 is 2.70 bits per heavy atom. The van der Waals surface area contributed by atoms with Gasteiger partial charge in [0.2, 0.25) is 0 Å². The van der Waals surface area contributed by atoms with Crippen LogP contribution in [0.15, 0.2) is 23.8 Å². The Morgan fingerprint density at radius 1 is 1.50 bits per heavy atom. The third kappa shape index (κ3) is 0.828. The minimum absolute atomic E-state index is 0.624. The van der Waals surface area contributed by atoms with Crippen molar-refractivity contribution in [2.45, 2.75) is 32.6 Å². The fourth-order valence-corrected chi connectivity index (χ4v) is 2.09. The zero-order valence-electron chi connectivity index (χ0n) is 6.56. The fourth-order valence-electron chi connectivity index (χ4n) is 2.09.